The largest absolute Gasteiger partial charge is 1.00 e. The van der Waals surface area contributed by atoms with Gasteiger partial charge in [0.15, 0.2) is 5.78 Å². The van der Waals surface area contributed by atoms with Gasteiger partial charge in [0, 0.05) is 43.6 Å². The average molecular weight is 1300 g/mol. The molecule has 0 unspecified atom stereocenters. The second-order valence-corrected chi connectivity index (χ2v) is 24.1. The molecule has 3 aromatic carbocycles. The molecule has 19 nitrogen and oxygen atoms in total. The van der Waals surface area contributed by atoms with E-state index in [4.69, 9.17) is 18.9 Å². The Morgan fingerprint density at radius 2 is 0.875 bits per heavy atom. The lowest BCUT2D eigenvalue weighted by Crippen LogP contribution is -3.00. The fourth-order valence-electron chi connectivity index (χ4n) is 8.21. The van der Waals surface area contributed by atoms with E-state index < -0.39 is 91.3 Å². The van der Waals surface area contributed by atoms with E-state index in [0.717, 1.165) is 47.7 Å². The molecular weight excluding hydrogens is 1220 g/mol. The van der Waals surface area contributed by atoms with E-state index >= 15 is 0 Å². The summed E-state index contributed by atoms with van der Waals surface area (Å²) in [4.78, 5) is 129. The summed E-state index contributed by atoms with van der Waals surface area (Å²) in [6, 6.07) is 26.5. The number of halogens is 2. The molecule has 4 atom stereocenters. The summed E-state index contributed by atoms with van der Waals surface area (Å²) in [6.45, 7) is 4.89. The van der Waals surface area contributed by atoms with Gasteiger partial charge < -0.3 is 79.5 Å². The Morgan fingerprint density at radius 3 is 1.31 bits per heavy atom. The minimum absolute atomic E-state index is 0. The Kier molecular flexibility index (Phi) is 37.8. The van der Waals surface area contributed by atoms with Gasteiger partial charge in [0.2, 0.25) is 29.5 Å². The smallest absolute Gasteiger partial charge is 0.328 e. The Bertz CT molecular complexity index is 2300. The maximum absolute atomic E-state index is 13.6. The molecule has 0 saturated carbocycles. The van der Waals surface area contributed by atoms with E-state index in [9.17, 15) is 47.9 Å². The van der Waals surface area contributed by atoms with E-state index in [1.54, 1.807) is 13.8 Å². The minimum Gasteiger partial charge on any atom is -1.00 e. The number of amides is 5. The Morgan fingerprint density at radius 1 is 0.475 bits per heavy atom. The number of hydrogen-bond acceptors (Lipinski definition) is 16. The van der Waals surface area contributed by atoms with Crippen molar-refractivity contribution in [2.45, 2.75) is 128 Å². The topological polar surface area (TPSA) is 268 Å². The van der Waals surface area contributed by atoms with E-state index in [1.807, 2.05) is 61.5 Å². The summed E-state index contributed by atoms with van der Waals surface area (Å²) in [5.41, 5.74) is 0. The second kappa shape index (κ2) is 41.6. The minimum atomic E-state index is -2.13. The highest BCUT2D eigenvalue weighted by Gasteiger charge is 2.44. The molecule has 5 N–H and O–H groups in total. The van der Waals surface area contributed by atoms with Gasteiger partial charge in [-0.15, -0.1) is 0 Å². The summed E-state index contributed by atoms with van der Waals surface area (Å²) in [6.07, 6.45) is 3.22. The number of Topliss-reactive ketones (excluding diaryl/α,β-unsaturated/α-hetero) is 1. The van der Waals surface area contributed by atoms with Crippen molar-refractivity contribution in [2.75, 3.05) is 51.6 Å². The third-order valence-electron chi connectivity index (χ3n) is 12.2. The fraction of sp³-hybridized carbons (Fsp3) is 0.500. The molecule has 0 saturated heterocycles. The van der Waals surface area contributed by atoms with Crippen LogP contribution in [0.2, 0.25) is 0 Å². The molecular formula is C56H77Br2N5O14PS2-. The van der Waals surface area contributed by atoms with Crippen LogP contribution in [-0.2, 0) is 66.9 Å². The van der Waals surface area contributed by atoms with Crippen LogP contribution in [0.1, 0.15) is 104 Å². The van der Waals surface area contributed by atoms with Crippen molar-refractivity contribution < 1.29 is 101 Å². The summed E-state index contributed by atoms with van der Waals surface area (Å²) in [7, 11) is 2.34. The third-order valence-corrected chi connectivity index (χ3v) is 19.2. The Labute approximate surface area is 499 Å². The van der Waals surface area contributed by atoms with Crippen LogP contribution in [0, 0.1) is 0 Å². The van der Waals surface area contributed by atoms with Crippen molar-refractivity contribution >= 4 is 104 Å². The number of methoxy groups -OCH3 is 2. The molecule has 0 aliphatic carbocycles. The monoisotopic (exact) mass is 1300 g/mol. The lowest BCUT2D eigenvalue weighted by atomic mass is 10.1. The van der Waals surface area contributed by atoms with E-state index in [-0.39, 0.29) is 116 Å². The molecule has 0 heterocycles. The van der Waals surface area contributed by atoms with Crippen molar-refractivity contribution in [3.8, 4) is 0 Å². The molecule has 0 bridgehead atoms. The van der Waals surface area contributed by atoms with Gasteiger partial charge in [-0.25, -0.2) is 9.59 Å². The predicted molar refractivity (Wildman–Crippen MR) is 304 cm³/mol. The van der Waals surface area contributed by atoms with Gasteiger partial charge in [-0.1, -0.05) is 96.0 Å². The number of ether oxygens (including phenoxy) is 4. The molecule has 0 radical (unpaired) electrons. The first-order valence-electron chi connectivity index (χ1n) is 26.4. The predicted octanol–water partition coefficient (Wildman–Crippen LogP) is -1.44. The molecule has 0 spiro atoms. The number of nitrogens with one attached hydrogen (secondary N) is 5. The molecule has 3 aromatic rings. The molecule has 442 valence electrons. The molecule has 80 heavy (non-hydrogen) atoms. The zero-order valence-corrected chi connectivity index (χ0v) is 51.8. The number of carbonyl (C=O) groups is 10. The van der Waals surface area contributed by atoms with Crippen molar-refractivity contribution in [3.63, 3.8) is 0 Å². The van der Waals surface area contributed by atoms with Crippen LogP contribution in [0.5, 0.6) is 0 Å². The molecule has 3 rings (SSSR count). The quantitative estimate of drug-likeness (QED) is 0.0145. The van der Waals surface area contributed by atoms with Crippen molar-refractivity contribution in [2.24, 2.45) is 0 Å². The Hall–Kier alpha value is -5.35. The molecule has 24 heteroatoms. The highest BCUT2D eigenvalue weighted by molar-refractivity contribution is 8.76. The molecule has 0 aliphatic rings. The Balaban J connectivity index is 0.0000160. The molecule has 0 aliphatic heterocycles. The summed E-state index contributed by atoms with van der Waals surface area (Å²) in [5.74, 6) is -6.30. The number of rotatable bonds is 38. The molecule has 5 amide bonds. The van der Waals surface area contributed by atoms with Gasteiger partial charge in [-0.3, -0.25) is 38.4 Å². The number of unbranched alkanes of at least 4 members (excludes halogenated alkanes) is 3. The molecule has 0 fully saturated rings. The van der Waals surface area contributed by atoms with Gasteiger partial charge in [-0.05, 0) is 82.3 Å². The van der Waals surface area contributed by atoms with E-state index in [2.05, 4.69) is 63.0 Å². The number of esters is 4. The zero-order valence-electron chi connectivity index (χ0n) is 46.1. The van der Waals surface area contributed by atoms with Crippen LogP contribution in [0.15, 0.2) is 91.0 Å². The van der Waals surface area contributed by atoms with E-state index in [1.165, 1.54) is 23.0 Å². The molecule has 0 aromatic heterocycles. The standard InChI is InChI=1S/C56H76N5O14PS2.2BrH/c1-6-9-13-28-48(63)58-44(56(71)73-5)31-34-51(66)61-46(54(69)57-37-53(68)75-8-3)39-78-77-38-45(47(62)32-35-52(67)74-7-2)60-50(65)33-30-43(55(70)72-4)59-49(64)29-20-21-36-76(40-22-14-10-15-23-40,41-24-16-11-17-25-41)42-26-18-12-19-27-42;;/h10-12,14-19,22-27,43-46H,6-9,13,20-21,28-39H2,1-5H3,(H4-,57,58,59,60,61,63,64,65,66,69);2*1H/p-1/t43-,44-,45-,46-;;/m0../s1. The second-order valence-electron chi connectivity index (χ2n) is 17.9. The van der Waals surface area contributed by atoms with Gasteiger partial charge in [0.05, 0.1) is 46.1 Å². The van der Waals surface area contributed by atoms with Crippen molar-refractivity contribution in [3.05, 3.63) is 91.0 Å². The van der Waals surface area contributed by atoms with Crippen LogP contribution < -0.4 is 76.5 Å². The highest BCUT2D eigenvalue weighted by Crippen LogP contribution is 2.56. The first kappa shape index (κ1) is 72.7. The van der Waals surface area contributed by atoms with Crippen LogP contribution >= 0.6 is 28.9 Å². The number of ketones is 1. The summed E-state index contributed by atoms with van der Waals surface area (Å²) < 4.78 is 19.7. The lowest BCUT2D eigenvalue weighted by Gasteiger charge is -2.27. The van der Waals surface area contributed by atoms with Gasteiger partial charge >= 0.3 is 23.9 Å². The lowest BCUT2D eigenvalue weighted by molar-refractivity contribution is -0.146. The first-order valence-corrected chi connectivity index (χ1v) is 30.8. The first-order chi connectivity index (χ1) is 37.6. The summed E-state index contributed by atoms with van der Waals surface area (Å²) >= 11 is 0. The summed E-state index contributed by atoms with van der Waals surface area (Å²) in [5, 5.41) is 16.7. The maximum Gasteiger partial charge on any atom is 0.328 e. The maximum atomic E-state index is 13.6. The van der Waals surface area contributed by atoms with Gasteiger partial charge in [0.1, 0.15) is 47.8 Å². The number of benzene rings is 3. The average Bonchev–Trinajstić information content (AvgIpc) is 3.48. The highest BCUT2D eigenvalue weighted by atomic mass is 79.9. The normalized spacial score (nSPS) is 12.2. The van der Waals surface area contributed by atoms with Crippen LogP contribution in [0.25, 0.3) is 0 Å². The van der Waals surface area contributed by atoms with Crippen LogP contribution in [0.4, 0.5) is 0 Å². The number of carbonyl (C=O) groups excluding carboxylic acids is 10. The fourth-order valence-corrected chi connectivity index (χ4v) is 15.0. The van der Waals surface area contributed by atoms with E-state index in [0.29, 0.717) is 19.3 Å². The van der Waals surface area contributed by atoms with Gasteiger partial charge in [0.25, 0.3) is 0 Å². The number of hydrogen-bond donors (Lipinski definition) is 5. The van der Waals surface area contributed by atoms with Crippen molar-refractivity contribution in [1.82, 2.24) is 26.6 Å². The van der Waals surface area contributed by atoms with Crippen molar-refractivity contribution in [1.29, 1.82) is 0 Å². The van der Waals surface area contributed by atoms with Gasteiger partial charge in [-0.2, -0.15) is 0 Å². The van der Waals surface area contributed by atoms with Crippen LogP contribution in [0.3, 0.4) is 0 Å². The third kappa shape index (κ3) is 26.5. The van der Waals surface area contributed by atoms with Crippen LogP contribution in [-0.4, -0.2) is 135 Å². The SMILES string of the molecule is CCCCCC(=O)N[C@@H](CCC(=O)N[C@@H](CSSC[C@H](NC(=O)CC[C@H](NC(=O)CCCC[P+](c1ccccc1)(c1ccccc1)c1ccccc1)C(=O)OC)C(=O)CCC(=O)OCC)C(=O)NCC(=O)OCC)C(=O)OC.[Br-].[Br-]. The zero-order chi connectivity index (χ0) is 57.1.